The molecule has 0 atom stereocenters. The molecule has 0 radical (unpaired) electrons. The predicted octanol–water partition coefficient (Wildman–Crippen LogP) is 4.75. The van der Waals surface area contributed by atoms with Crippen LogP contribution in [0.5, 0.6) is 5.75 Å². The summed E-state index contributed by atoms with van der Waals surface area (Å²) < 4.78 is 5.84. The molecule has 0 spiro atoms. The van der Waals surface area contributed by atoms with Gasteiger partial charge in [-0.15, -0.1) is 5.10 Å². The number of nitrogens with zero attached hydrogens (tertiary/aromatic N) is 4. The molecule has 7 nitrogen and oxygen atoms in total. The fourth-order valence-electron chi connectivity index (χ4n) is 3.34. The first kappa shape index (κ1) is 19.0. The summed E-state index contributed by atoms with van der Waals surface area (Å²) in [5.74, 6) is 1.78. The molecule has 2 aromatic carbocycles. The molecule has 2 N–H and O–H groups in total. The Kier molecular flexibility index (Phi) is 5.74. The second kappa shape index (κ2) is 8.77. The molecule has 0 bridgehead atoms. The average Bonchev–Trinajstić information content (AvgIpc) is 3.25. The SMILES string of the molecule is CC(C)Oc1ccccc1Nc1nncc(Nc2ccc(N3CCCC3)cc2)n1. The van der Waals surface area contributed by atoms with Gasteiger partial charge in [0, 0.05) is 24.5 Å². The Morgan fingerprint density at radius 3 is 2.48 bits per heavy atom. The summed E-state index contributed by atoms with van der Waals surface area (Å²) in [7, 11) is 0. The van der Waals surface area contributed by atoms with Crippen molar-refractivity contribution >= 4 is 28.8 Å². The third-order valence-electron chi connectivity index (χ3n) is 4.67. The van der Waals surface area contributed by atoms with Gasteiger partial charge >= 0.3 is 0 Å². The fraction of sp³-hybridized carbons (Fsp3) is 0.318. The first-order valence-electron chi connectivity index (χ1n) is 10.0. The van der Waals surface area contributed by atoms with E-state index in [1.807, 2.05) is 38.1 Å². The highest BCUT2D eigenvalue weighted by molar-refractivity contribution is 5.64. The summed E-state index contributed by atoms with van der Waals surface area (Å²) in [6, 6.07) is 16.1. The number of ether oxygens (including phenoxy) is 1. The van der Waals surface area contributed by atoms with Crippen LogP contribution >= 0.6 is 0 Å². The van der Waals surface area contributed by atoms with Gasteiger partial charge in [-0.2, -0.15) is 10.1 Å². The van der Waals surface area contributed by atoms with Gasteiger partial charge in [-0.1, -0.05) is 12.1 Å². The number of para-hydroxylation sites is 2. The number of nitrogens with one attached hydrogen (secondary N) is 2. The van der Waals surface area contributed by atoms with E-state index >= 15 is 0 Å². The zero-order valence-corrected chi connectivity index (χ0v) is 16.8. The lowest BCUT2D eigenvalue weighted by molar-refractivity contribution is 0.244. The van der Waals surface area contributed by atoms with Crippen LogP contribution in [-0.2, 0) is 0 Å². The lowest BCUT2D eigenvalue weighted by Gasteiger charge is -2.18. The summed E-state index contributed by atoms with van der Waals surface area (Å²) in [5, 5.41) is 14.6. The highest BCUT2D eigenvalue weighted by Crippen LogP contribution is 2.28. The maximum Gasteiger partial charge on any atom is 0.249 e. The third-order valence-corrected chi connectivity index (χ3v) is 4.67. The molecule has 0 aliphatic carbocycles. The van der Waals surface area contributed by atoms with Gasteiger partial charge in [0.25, 0.3) is 0 Å². The van der Waals surface area contributed by atoms with Crippen LogP contribution in [0.25, 0.3) is 0 Å². The Hall–Kier alpha value is -3.35. The van der Waals surface area contributed by atoms with Crippen LogP contribution in [0.15, 0.2) is 54.7 Å². The third kappa shape index (κ3) is 4.93. The molecular formula is C22H26N6O. The van der Waals surface area contributed by atoms with Crippen molar-refractivity contribution in [3.05, 3.63) is 54.7 Å². The molecular weight excluding hydrogens is 364 g/mol. The van der Waals surface area contributed by atoms with E-state index in [4.69, 9.17) is 4.74 Å². The van der Waals surface area contributed by atoms with Gasteiger partial charge in [0.15, 0.2) is 5.82 Å². The summed E-state index contributed by atoms with van der Waals surface area (Å²) in [6.45, 7) is 6.27. The minimum atomic E-state index is 0.0773. The molecule has 1 fully saturated rings. The van der Waals surface area contributed by atoms with Crippen molar-refractivity contribution in [2.75, 3.05) is 28.6 Å². The lowest BCUT2D eigenvalue weighted by atomic mass is 10.2. The van der Waals surface area contributed by atoms with Crippen LogP contribution < -0.4 is 20.3 Å². The molecule has 3 aromatic rings. The number of hydrogen-bond donors (Lipinski definition) is 2. The molecule has 1 aliphatic rings. The van der Waals surface area contributed by atoms with Crippen LogP contribution in [-0.4, -0.2) is 34.4 Å². The average molecular weight is 390 g/mol. The topological polar surface area (TPSA) is 75.2 Å². The van der Waals surface area contributed by atoms with Crippen LogP contribution in [0.4, 0.5) is 28.8 Å². The van der Waals surface area contributed by atoms with Gasteiger partial charge in [0.05, 0.1) is 18.0 Å². The Bertz CT molecular complexity index is 938. The van der Waals surface area contributed by atoms with Crippen molar-refractivity contribution in [2.45, 2.75) is 32.8 Å². The largest absolute Gasteiger partial charge is 0.489 e. The lowest BCUT2D eigenvalue weighted by Crippen LogP contribution is -2.17. The van der Waals surface area contributed by atoms with Crippen LogP contribution in [0, 0.1) is 0 Å². The molecule has 29 heavy (non-hydrogen) atoms. The number of anilines is 5. The first-order valence-corrected chi connectivity index (χ1v) is 10.0. The number of aromatic nitrogens is 3. The van der Waals surface area contributed by atoms with E-state index in [9.17, 15) is 0 Å². The van der Waals surface area contributed by atoms with Crippen molar-refractivity contribution in [2.24, 2.45) is 0 Å². The molecule has 1 aromatic heterocycles. The van der Waals surface area contributed by atoms with Gasteiger partial charge in [0.1, 0.15) is 5.75 Å². The van der Waals surface area contributed by atoms with E-state index in [0.717, 1.165) is 30.2 Å². The van der Waals surface area contributed by atoms with E-state index in [1.54, 1.807) is 6.20 Å². The molecule has 0 amide bonds. The monoisotopic (exact) mass is 390 g/mol. The molecule has 0 saturated carbocycles. The fourth-order valence-corrected chi connectivity index (χ4v) is 3.34. The molecule has 2 heterocycles. The van der Waals surface area contributed by atoms with E-state index in [2.05, 4.69) is 55.0 Å². The number of hydrogen-bond acceptors (Lipinski definition) is 7. The van der Waals surface area contributed by atoms with Gasteiger partial charge in [-0.25, -0.2) is 0 Å². The van der Waals surface area contributed by atoms with Crippen molar-refractivity contribution in [3.8, 4) is 5.75 Å². The first-order chi connectivity index (χ1) is 14.2. The van der Waals surface area contributed by atoms with Gasteiger partial charge < -0.3 is 20.3 Å². The minimum Gasteiger partial charge on any atom is -0.489 e. The van der Waals surface area contributed by atoms with Crippen molar-refractivity contribution < 1.29 is 4.74 Å². The highest BCUT2D eigenvalue weighted by Gasteiger charge is 2.12. The maximum absolute atomic E-state index is 5.84. The molecule has 150 valence electrons. The second-order valence-corrected chi connectivity index (χ2v) is 7.32. The number of rotatable bonds is 7. The van der Waals surface area contributed by atoms with Crippen molar-refractivity contribution in [3.63, 3.8) is 0 Å². The maximum atomic E-state index is 5.84. The Morgan fingerprint density at radius 1 is 0.966 bits per heavy atom. The zero-order valence-electron chi connectivity index (χ0n) is 16.8. The van der Waals surface area contributed by atoms with Gasteiger partial charge in [-0.3, -0.25) is 0 Å². The zero-order chi connectivity index (χ0) is 20.1. The molecule has 1 aliphatic heterocycles. The Labute approximate surface area is 171 Å². The quantitative estimate of drug-likeness (QED) is 0.603. The van der Waals surface area contributed by atoms with Gasteiger partial charge in [0.2, 0.25) is 5.95 Å². The summed E-state index contributed by atoms with van der Waals surface area (Å²) >= 11 is 0. The highest BCUT2D eigenvalue weighted by atomic mass is 16.5. The summed E-state index contributed by atoms with van der Waals surface area (Å²) in [5.41, 5.74) is 3.02. The van der Waals surface area contributed by atoms with Crippen LogP contribution in [0.1, 0.15) is 26.7 Å². The predicted molar refractivity (Wildman–Crippen MR) is 116 cm³/mol. The van der Waals surface area contributed by atoms with Crippen molar-refractivity contribution in [1.29, 1.82) is 0 Å². The van der Waals surface area contributed by atoms with E-state index in [1.165, 1.54) is 18.5 Å². The standard InChI is InChI=1S/C22H26N6O/c1-16(2)29-20-8-4-3-7-19(20)25-22-26-21(15-23-27-22)24-17-9-11-18(12-10-17)28-13-5-6-14-28/h3-4,7-12,15-16H,5-6,13-14H2,1-2H3,(H2,24,25,26,27). The molecule has 4 rings (SSSR count). The number of benzene rings is 2. The normalized spacial score (nSPS) is 13.6. The van der Waals surface area contributed by atoms with E-state index in [0.29, 0.717) is 11.8 Å². The second-order valence-electron chi connectivity index (χ2n) is 7.32. The smallest absolute Gasteiger partial charge is 0.249 e. The molecule has 1 saturated heterocycles. The Morgan fingerprint density at radius 2 is 1.72 bits per heavy atom. The molecule has 7 heteroatoms. The minimum absolute atomic E-state index is 0.0773. The van der Waals surface area contributed by atoms with Crippen LogP contribution in [0.3, 0.4) is 0 Å². The molecule has 0 unspecified atom stereocenters. The van der Waals surface area contributed by atoms with Gasteiger partial charge in [-0.05, 0) is 63.1 Å². The van der Waals surface area contributed by atoms with Crippen LogP contribution in [0.2, 0.25) is 0 Å². The summed E-state index contributed by atoms with van der Waals surface area (Å²) in [4.78, 5) is 6.93. The summed E-state index contributed by atoms with van der Waals surface area (Å²) in [6.07, 6.45) is 4.23. The van der Waals surface area contributed by atoms with Crippen molar-refractivity contribution in [1.82, 2.24) is 15.2 Å². The Balaban J connectivity index is 1.45. The van der Waals surface area contributed by atoms with E-state index in [-0.39, 0.29) is 6.10 Å². The van der Waals surface area contributed by atoms with E-state index < -0.39 is 0 Å².